The molecule has 20 heavy (non-hydrogen) atoms. The number of fused-ring (bicyclic) bond motifs is 3. The van der Waals surface area contributed by atoms with Crippen LogP contribution in [0.2, 0.25) is 0 Å². The van der Waals surface area contributed by atoms with Crippen LogP contribution in [0.5, 0.6) is 0 Å². The molecule has 0 aliphatic carbocycles. The lowest BCUT2D eigenvalue weighted by Crippen LogP contribution is -2.39. The normalized spacial score (nSPS) is 16.8. The molecule has 0 saturated heterocycles. The van der Waals surface area contributed by atoms with Gasteiger partial charge in [0.25, 0.3) is 0 Å². The maximum Gasteiger partial charge on any atom is 0.204 e. The van der Waals surface area contributed by atoms with Gasteiger partial charge >= 0.3 is 0 Å². The lowest BCUT2D eigenvalue weighted by Gasteiger charge is -2.33. The number of aryl methyl sites for hydroxylation is 1. The van der Waals surface area contributed by atoms with Gasteiger partial charge in [-0.25, -0.2) is 4.99 Å². The Hall–Kier alpha value is -2.29. The molecule has 100 valence electrons. The van der Waals surface area contributed by atoms with Gasteiger partial charge in [0.2, 0.25) is 5.96 Å². The van der Waals surface area contributed by atoms with E-state index in [1.165, 1.54) is 23.2 Å². The van der Waals surface area contributed by atoms with E-state index in [-0.39, 0.29) is 0 Å². The number of aliphatic imine (C=N–C) groups is 1. The first-order valence-corrected chi connectivity index (χ1v) is 7.17. The van der Waals surface area contributed by atoms with Crippen molar-refractivity contribution >= 4 is 17.3 Å². The number of benzene rings is 2. The highest BCUT2D eigenvalue weighted by molar-refractivity contribution is 5.97. The molecule has 0 amide bonds. The maximum absolute atomic E-state index is 4.80. The predicted octanol–water partition coefficient (Wildman–Crippen LogP) is 3.55. The molecule has 2 aliphatic heterocycles. The third-order valence-corrected chi connectivity index (χ3v) is 4.02. The summed E-state index contributed by atoms with van der Waals surface area (Å²) in [5.74, 6) is 0.982. The molecule has 0 aromatic heterocycles. The average Bonchev–Trinajstić information content (AvgIpc) is 2.47. The fourth-order valence-corrected chi connectivity index (χ4v) is 2.95. The summed E-state index contributed by atoms with van der Waals surface area (Å²) in [6.07, 6.45) is 2.29. The Balaban J connectivity index is 1.77. The van der Waals surface area contributed by atoms with Crippen molar-refractivity contribution in [3.63, 3.8) is 0 Å². The second-order valence-corrected chi connectivity index (χ2v) is 5.37. The lowest BCUT2D eigenvalue weighted by molar-refractivity contribution is 0.396. The van der Waals surface area contributed by atoms with Crippen LogP contribution in [-0.2, 0) is 13.0 Å². The van der Waals surface area contributed by atoms with E-state index in [1.54, 1.807) is 0 Å². The topological polar surface area (TPSA) is 27.6 Å². The van der Waals surface area contributed by atoms with E-state index in [0.29, 0.717) is 0 Å². The summed E-state index contributed by atoms with van der Waals surface area (Å²) in [5.41, 5.74) is 4.97. The molecule has 0 radical (unpaired) electrons. The summed E-state index contributed by atoms with van der Waals surface area (Å²) in [5, 5.41) is 3.52. The lowest BCUT2D eigenvalue weighted by atomic mass is 10.0. The van der Waals surface area contributed by atoms with E-state index in [2.05, 4.69) is 58.7 Å². The minimum absolute atomic E-state index is 0.949. The summed E-state index contributed by atoms with van der Waals surface area (Å²) in [6, 6.07) is 16.9. The Kier molecular flexibility index (Phi) is 2.69. The zero-order valence-corrected chi connectivity index (χ0v) is 11.3. The smallest absolute Gasteiger partial charge is 0.204 e. The number of nitrogens with one attached hydrogen (secondary N) is 1. The van der Waals surface area contributed by atoms with Crippen molar-refractivity contribution in [2.24, 2.45) is 4.99 Å². The molecule has 4 rings (SSSR count). The monoisotopic (exact) mass is 263 g/mol. The molecule has 0 saturated carbocycles. The van der Waals surface area contributed by atoms with Gasteiger partial charge in [0.15, 0.2) is 0 Å². The van der Waals surface area contributed by atoms with Gasteiger partial charge in [0.05, 0.1) is 5.69 Å². The third-order valence-electron chi connectivity index (χ3n) is 4.02. The van der Waals surface area contributed by atoms with Gasteiger partial charge in [-0.1, -0.05) is 36.4 Å². The van der Waals surface area contributed by atoms with Gasteiger partial charge in [0.1, 0.15) is 0 Å². The molecule has 0 bridgehead atoms. The van der Waals surface area contributed by atoms with E-state index < -0.39 is 0 Å². The zero-order valence-electron chi connectivity index (χ0n) is 11.3. The largest absolute Gasteiger partial charge is 0.338 e. The number of nitrogens with zero attached hydrogens (tertiary/aromatic N) is 2. The molecule has 3 heteroatoms. The minimum atomic E-state index is 0.949. The number of guanidine groups is 1. The van der Waals surface area contributed by atoms with Crippen molar-refractivity contribution in [1.82, 2.24) is 4.90 Å². The molecule has 0 fully saturated rings. The first-order chi connectivity index (χ1) is 9.90. The van der Waals surface area contributed by atoms with E-state index >= 15 is 0 Å². The van der Waals surface area contributed by atoms with Crippen molar-refractivity contribution in [2.75, 3.05) is 11.9 Å². The van der Waals surface area contributed by atoms with Crippen LogP contribution in [0.25, 0.3) is 0 Å². The van der Waals surface area contributed by atoms with Crippen LogP contribution in [-0.4, -0.2) is 17.4 Å². The van der Waals surface area contributed by atoms with Crippen LogP contribution in [0, 0.1) is 0 Å². The summed E-state index contributed by atoms with van der Waals surface area (Å²) in [7, 11) is 0. The highest BCUT2D eigenvalue weighted by Gasteiger charge is 2.21. The van der Waals surface area contributed by atoms with Crippen molar-refractivity contribution in [3.05, 3.63) is 59.7 Å². The minimum Gasteiger partial charge on any atom is -0.338 e. The Morgan fingerprint density at radius 2 is 1.75 bits per heavy atom. The number of hydrogen-bond donors (Lipinski definition) is 1. The van der Waals surface area contributed by atoms with E-state index in [1.807, 2.05) is 0 Å². The highest BCUT2D eigenvalue weighted by Crippen LogP contribution is 2.28. The molecule has 2 aliphatic rings. The quantitative estimate of drug-likeness (QED) is 0.787. The molecule has 2 heterocycles. The highest BCUT2D eigenvalue weighted by atomic mass is 15.3. The number of rotatable bonds is 0. The Labute approximate surface area is 119 Å². The van der Waals surface area contributed by atoms with Crippen LogP contribution < -0.4 is 5.32 Å². The van der Waals surface area contributed by atoms with Crippen LogP contribution >= 0.6 is 0 Å². The molecule has 0 spiro atoms. The first kappa shape index (κ1) is 11.5. The van der Waals surface area contributed by atoms with Crippen molar-refractivity contribution in [2.45, 2.75) is 19.4 Å². The van der Waals surface area contributed by atoms with Crippen LogP contribution in [0.15, 0.2) is 53.5 Å². The average molecular weight is 263 g/mol. The maximum atomic E-state index is 4.80. The van der Waals surface area contributed by atoms with E-state index in [9.17, 15) is 0 Å². The van der Waals surface area contributed by atoms with Gasteiger partial charge < -0.3 is 10.2 Å². The summed E-state index contributed by atoms with van der Waals surface area (Å²) < 4.78 is 0. The fourth-order valence-electron chi connectivity index (χ4n) is 2.95. The summed E-state index contributed by atoms with van der Waals surface area (Å²) >= 11 is 0. The van der Waals surface area contributed by atoms with Gasteiger partial charge in [-0.3, -0.25) is 0 Å². The summed E-state index contributed by atoms with van der Waals surface area (Å²) in [4.78, 5) is 7.14. The van der Waals surface area contributed by atoms with Crippen molar-refractivity contribution in [3.8, 4) is 0 Å². The molecule has 3 nitrogen and oxygen atoms in total. The molecule has 0 atom stereocenters. The predicted molar refractivity (Wildman–Crippen MR) is 82.3 cm³/mol. The molecular weight excluding hydrogens is 246 g/mol. The summed E-state index contributed by atoms with van der Waals surface area (Å²) in [6.45, 7) is 2.00. The van der Waals surface area contributed by atoms with Gasteiger partial charge in [-0.2, -0.15) is 0 Å². The number of hydrogen-bond acceptors (Lipinski definition) is 3. The number of anilines is 1. The molecular formula is C17H17N3. The molecule has 1 N–H and O–H groups in total. The van der Waals surface area contributed by atoms with Gasteiger partial charge in [0, 0.05) is 18.8 Å². The van der Waals surface area contributed by atoms with Gasteiger partial charge in [-0.15, -0.1) is 0 Å². The molecule has 2 aromatic rings. The Morgan fingerprint density at radius 1 is 0.950 bits per heavy atom. The Morgan fingerprint density at radius 3 is 2.70 bits per heavy atom. The molecule has 0 unspecified atom stereocenters. The second-order valence-electron chi connectivity index (χ2n) is 5.37. The Bertz CT molecular complexity index is 675. The SMILES string of the molecule is c1ccc2c(c1)CN1CCCc3ccccc3NC1=N2. The van der Waals surface area contributed by atoms with E-state index in [0.717, 1.165) is 31.2 Å². The third kappa shape index (κ3) is 1.95. The second kappa shape index (κ2) is 4.67. The van der Waals surface area contributed by atoms with E-state index in [4.69, 9.17) is 4.99 Å². The van der Waals surface area contributed by atoms with Gasteiger partial charge in [-0.05, 0) is 36.1 Å². The van der Waals surface area contributed by atoms with Crippen molar-refractivity contribution in [1.29, 1.82) is 0 Å². The van der Waals surface area contributed by atoms with Crippen LogP contribution in [0.4, 0.5) is 11.4 Å². The van der Waals surface area contributed by atoms with Crippen molar-refractivity contribution < 1.29 is 0 Å². The van der Waals surface area contributed by atoms with Crippen LogP contribution in [0.1, 0.15) is 17.5 Å². The zero-order chi connectivity index (χ0) is 13.4. The fraction of sp³-hybridized carbons (Fsp3) is 0.235. The first-order valence-electron chi connectivity index (χ1n) is 7.17. The number of para-hydroxylation sites is 2. The molecule has 2 aromatic carbocycles. The van der Waals surface area contributed by atoms with Crippen LogP contribution in [0.3, 0.4) is 0 Å². The standard InChI is InChI=1S/C17H17N3/c1-3-9-15-13(6-1)8-5-11-20-12-14-7-2-4-10-16(14)19-17(20)18-15/h1-4,6-7,9-10H,5,8,11-12H2,(H,18,19).